The first kappa shape index (κ1) is 15.9. The summed E-state index contributed by atoms with van der Waals surface area (Å²) in [6.45, 7) is 1.82. The fraction of sp³-hybridized carbons (Fsp3) is 0.231. The lowest BCUT2D eigenvalue weighted by Crippen LogP contribution is -2.24. The van der Waals surface area contributed by atoms with Crippen molar-refractivity contribution in [3.05, 3.63) is 51.5 Å². The molecule has 1 N–H and O–H groups in total. The van der Waals surface area contributed by atoms with Crippen molar-refractivity contribution in [2.75, 3.05) is 5.32 Å². The molecule has 0 saturated carbocycles. The number of nitrogens with zero attached hydrogens (tertiary/aromatic N) is 3. The van der Waals surface area contributed by atoms with Crippen molar-refractivity contribution in [2.45, 2.75) is 13.5 Å². The van der Waals surface area contributed by atoms with Crippen molar-refractivity contribution in [3.8, 4) is 0 Å². The number of nitrogens with one attached hydrogen (secondary N) is 1. The van der Waals surface area contributed by atoms with Crippen LogP contribution < -0.4 is 5.32 Å². The van der Waals surface area contributed by atoms with Gasteiger partial charge in [-0.05, 0) is 18.2 Å². The first-order chi connectivity index (χ1) is 10.4. The van der Waals surface area contributed by atoms with Crippen LogP contribution in [0.3, 0.4) is 0 Å². The zero-order chi connectivity index (χ0) is 16.3. The molecule has 2 aromatic rings. The van der Waals surface area contributed by atoms with E-state index in [-0.39, 0.29) is 23.2 Å². The van der Waals surface area contributed by atoms with E-state index in [0.29, 0.717) is 5.69 Å². The lowest BCUT2D eigenvalue weighted by atomic mass is 10.1. The summed E-state index contributed by atoms with van der Waals surface area (Å²) >= 11 is 5.63. The van der Waals surface area contributed by atoms with Crippen molar-refractivity contribution in [2.24, 2.45) is 5.92 Å². The molecule has 0 saturated heterocycles. The van der Waals surface area contributed by atoms with Crippen LogP contribution in [-0.4, -0.2) is 20.6 Å². The number of aromatic nitrogens is 2. The SMILES string of the molecule is C[C@H](Cn1cc([N+](=O)[O-])cn1)C(=O)Nc1ccc(F)c(Cl)c1. The monoisotopic (exact) mass is 326 g/mol. The summed E-state index contributed by atoms with van der Waals surface area (Å²) in [5.74, 6) is -1.40. The van der Waals surface area contributed by atoms with Crippen molar-refractivity contribution < 1.29 is 14.1 Å². The number of benzene rings is 1. The summed E-state index contributed by atoms with van der Waals surface area (Å²) < 4.78 is 14.4. The van der Waals surface area contributed by atoms with Crippen molar-refractivity contribution in [1.82, 2.24) is 9.78 Å². The molecular formula is C13H12ClFN4O3. The van der Waals surface area contributed by atoms with Crippen LogP contribution in [0.5, 0.6) is 0 Å². The zero-order valence-electron chi connectivity index (χ0n) is 11.5. The van der Waals surface area contributed by atoms with E-state index in [1.165, 1.54) is 23.0 Å². The lowest BCUT2D eigenvalue weighted by Gasteiger charge is -2.12. The van der Waals surface area contributed by atoms with Gasteiger partial charge in [-0.25, -0.2) is 4.39 Å². The average molecular weight is 327 g/mol. The summed E-state index contributed by atoms with van der Waals surface area (Å²) in [7, 11) is 0. The molecule has 1 heterocycles. The van der Waals surface area contributed by atoms with Gasteiger partial charge in [0.15, 0.2) is 0 Å². The van der Waals surface area contributed by atoms with Gasteiger partial charge in [0, 0.05) is 5.69 Å². The topological polar surface area (TPSA) is 90.1 Å². The maximum absolute atomic E-state index is 13.0. The summed E-state index contributed by atoms with van der Waals surface area (Å²) in [5.41, 5.74) is 0.229. The normalized spacial score (nSPS) is 12.0. The Balaban J connectivity index is 1.99. The third-order valence-electron chi connectivity index (χ3n) is 2.93. The average Bonchev–Trinajstić information content (AvgIpc) is 2.91. The molecule has 0 spiro atoms. The van der Waals surface area contributed by atoms with Crippen LogP contribution >= 0.6 is 11.6 Å². The van der Waals surface area contributed by atoms with Gasteiger partial charge < -0.3 is 5.32 Å². The van der Waals surface area contributed by atoms with Crippen molar-refractivity contribution >= 4 is 28.9 Å². The molecule has 116 valence electrons. The Kier molecular flexibility index (Phi) is 4.71. The van der Waals surface area contributed by atoms with Gasteiger partial charge in [0.05, 0.1) is 22.4 Å². The molecule has 1 aromatic carbocycles. The van der Waals surface area contributed by atoms with Crippen LogP contribution in [0, 0.1) is 21.8 Å². The third-order valence-corrected chi connectivity index (χ3v) is 3.22. The quantitative estimate of drug-likeness (QED) is 0.675. The first-order valence-electron chi connectivity index (χ1n) is 6.29. The maximum atomic E-state index is 13.0. The Bertz CT molecular complexity index is 719. The second-order valence-corrected chi connectivity index (χ2v) is 5.10. The van der Waals surface area contributed by atoms with Crippen LogP contribution in [0.15, 0.2) is 30.6 Å². The van der Waals surface area contributed by atoms with E-state index in [0.717, 1.165) is 12.3 Å². The van der Waals surface area contributed by atoms with Gasteiger partial charge in [-0.15, -0.1) is 0 Å². The minimum absolute atomic E-state index is 0.0897. The number of rotatable bonds is 5. The Morgan fingerprint density at radius 1 is 1.59 bits per heavy atom. The highest BCUT2D eigenvalue weighted by Crippen LogP contribution is 2.20. The zero-order valence-corrected chi connectivity index (χ0v) is 12.2. The van der Waals surface area contributed by atoms with Crippen LogP contribution in [0.2, 0.25) is 5.02 Å². The van der Waals surface area contributed by atoms with E-state index in [1.54, 1.807) is 6.92 Å². The number of carbonyl (C=O) groups excluding carboxylic acids is 1. The van der Waals surface area contributed by atoms with Gasteiger partial charge >= 0.3 is 5.69 Å². The van der Waals surface area contributed by atoms with E-state index < -0.39 is 16.7 Å². The van der Waals surface area contributed by atoms with Gasteiger partial charge in [-0.2, -0.15) is 5.10 Å². The van der Waals surface area contributed by atoms with Crippen LogP contribution in [0.1, 0.15) is 6.92 Å². The van der Waals surface area contributed by atoms with E-state index in [9.17, 15) is 19.3 Å². The van der Waals surface area contributed by atoms with E-state index in [4.69, 9.17) is 11.6 Å². The minimum Gasteiger partial charge on any atom is -0.326 e. The largest absolute Gasteiger partial charge is 0.326 e. The minimum atomic E-state index is -0.573. The van der Waals surface area contributed by atoms with Crippen LogP contribution in [-0.2, 0) is 11.3 Å². The fourth-order valence-corrected chi connectivity index (χ4v) is 1.93. The third kappa shape index (κ3) is 3.79. The predicted octanol–water partition coefficient (Wildman–Crippen LogP) is 2.86. The molecule has 22 heavy (non-hydrogen) atoms. The second kappa shape index (κ2) is 6.52. The number of nitro groups is 1. The number of hydrogen-bond acceptors (Lipinski definition) is 4. The van der Waals surface area contributed by atoms with Gasteiger partial charge in [0.1, 0.15) is 18.2 Å². The Morgan fingerprint density at radius 2 is 2.32 bits per heavy atom. The Labute approximate surface area is 129 Å². The molecule has 2 rings (SSSR count). The molecule has 0 bridgehead atoms. The van der Waals surface area contributed by atoms with Crippen LogP contribution in [0.4, 0.5) is 15.8 Å². The summed E-state index contributed by atoms with van der Waals surface area (Å²) in [4.78, 5) is 22.0. The van der Waals surface area contributed by atoms with Gasteiger partial charge in [0.2, 0.25) is 5.91 Å². The number of amides is 1. The highest BCUT2D eigenvalue weighted by atomic mass is 35.5. The highest BCUT2D eigenvalue weighted by molar-refractivity contribution is 6.31. The molecular weight excluding hydrogens is 315 g/mol. The molecule has 1 atom stereocenters. The number of anilines is 1. The summed E-state index contributed by atoms with van der Waals surface area (Å²) in [6, 6.07) is 3.85. The number of carbonyl (C=O) groups is 1. The lowest BCUT2D eigenvalue weighted by molar-refractivity contribution is -0.385. The standard InChI is InChI=1S/C13H12ClFN4O3/c1-8(6-18-7-10(5-16-18)19(21)22)13(20)17-9-2-3-12(15)11(14)4-9/h2-5,7-8H,6H2,1H3,(H,17,20)/t8-/m1/s1. The van der Waals surface area contributed by atoms with Gasteiger partial charge in [-0.1, -0.05) is 18.5 Å². The Hall–Kier alpha value is -2.48. The fourth-order valence-electron chi connectivity index (χ4n) is 1.75. The van der Waals surface area contributed by atoms with Crippen LogP contribution in [0.25, 0.3) is 0 Å². The number of halogens is 2. The molecule has 9 heteroatoms. The summed E-state index contributed by atoms with van der Waals surface area (Å²) in [5, 5.41) is 16.9. The van der Waals surface area contributed by atoms with Gasteiger partial charge in [0.25, 0.3) is 0 Å². The molecule has 0 aliphatic carbocycles. The van der Waals surface area contributed by atoms with Crippen molar-refractivity contribution in [3.63, 3.8) is 0 Å². The predicted molar refractivity (Wildman–Crippen MR) is 78.1 cm³/mol. The van der Waals surface area contributed by atoms with Crippen molar-refractivity contribution in [1.29, 1.82) is 0 Å². The number of hydrogen-bond donors (Lipinski definition) is 1. The summed E-state index contributed by atoms with van der Waals surface area (Å²) in [6.07, 6.45) is 2.36. The van der Waals surface area contributed by atoms with E-state index >= 15 is 0 Å². The molecule has 0 aliphatic heterocycles. The first-order valence-corrected chi connectivity index (χ1v) is 6.67. The van der Waals surface area contributed by atoms with E-state index in [2.05, 4.69) is 10.4 Å². The smallest absolute Gasteiger partial charge is 0.306 e. The molecule has 0 fully saturated rings. The highest BCUT2D eigenvalue weighted by Gasteiger charge is 2.17. The molecule has 0 unspecified atom stereocenters. The molecule has 1 aromatic heterocycles. The van der Waals surface area contributed by atoms with Gasteiger partial charge in [-0.3, -0.25) is 19.6 Å². The van der Waals surface area contributed by atoms with E-state index in [1.807, 2.05) is 0 Å². The molecule has 1 amide bonds. The second-order valence-electron chi connectivity index (χ2n) is 4.70. The maximum Gasteiger partial charge on any atom is 0.306 e. The molecule has 0 radical (unpaired) electrons. The molecule has 0 aliphatic rings. The Morgan fingerprint density at radius 3 is 2.91 bits per heavy atom. The molecule has 7 nitrogen and oxygen atoms in total.